The molecule has 0 saturated carbocycles. The van der Waals surface area contributed by atoms with E-state index in [1.807, 2.05) is 39.0 Å². The standard InChI is InChI=1S/C36H53N5O5/c1-5-20-40-23-25(27-16-11-12-18-30(27)40)22-29-34(44)39-32(24(4)6-2)36(46)41-21-14-13-19-31(41)35(45)37-28(33(43)38-29)17-10-8-9-15-26(42)7-3/h11-12,16,18,23-24,28-29,31-32H,5-10,13-15,17,19-22H2,1-4H3,(H,37,45)(H,38,43)(H,39,44)/t24?,28-,29+,31+,32-/m0/s1. The first-order valence-electron chi connectivity index (χ1n) is 17.5. The Morgan fingerprint density at radius 3 is 2.39 bits per heavy atom. The molecule has 1 unspecified atom stereocenters. The van der Waals surface area contributed by atoms with Gasteiger partial charge in [0.15, 0.2) is 0 Å². The summed E-state index contributed by atoms with van der Waals surface area (Å²) in [4.78, 5) is 69.3. The van der Waals surface area contributed by atoms with Gasteiger partial charge in [0.25, 0.3) is 0 Å². The lowest BCUT2D eigenvalue weighted by molar-refractivity contribution is -0.147. The second-order valence-corrected chi connectivity index (χ2v) is 13.1. The van der Waals surface area contributed by atoms with E-state index in [1.165, 1.54) is 0 Å². The van der Waals surface area contributed by atoms with Crippen molar-refractivity contribution in [2.75, 3.05) is 6.54 Å². The number of Topliss-reactive ketones (excluding diaryl/α,β-unsaturated/α-hetero) is 1. The zero-order valence-corrected chi connectivity index (χ0v) is 28.1. The molecule has 1 aromatic carbocycles. The van der Waals surface area contributed by atoms with Gasteiger partial charge in [-0.05, 0) is 56.1 Å². The number of fused-ring (bicyclic) bond motifs is 2. The quantitative estimate of drug-likeness (QED) is 0.281. The van der Waals surface area contributed by atoms with Crippen LogP contribution in [0, 0.1) is 5.92 Å². The van der Waals surface area contributed by atoms with Crippen LogP contribution in [0.4, 0.5) is 0 Å². The average Bonchev–Trinajstić information content (AvgIpc) is 3.41. The van der Waals surface area contributed by atoms with Crippen LogP contribution < -0.4 is 16.0 Å². The van der Waals surface area contributed by atoms with Gasteiger partial charge in [0.1, 0.15) is 30.0 Å². The summed E-state index contributed by atoms with van der Waals surface area (Å²) >= 11 is 0. The maximum absolute atomic E-state index is 14.1. The highest BCUT2D eigenvalue weighted by atomic mass is 16.2. The fourth-order valence-corrected chi connectivity index (χ4v) is 6.76. The lowest BCUT2D eigenvalue weighted by Gasteiger charge is -2.39. The molecule has 10 nitrogen and oxygen atoms in total. The number of aryl methyl sites for hydroxylation is 1. The van der Waals surface area contributed by atoms with Crippen LogP contribution in [0.1, 0.15) is 104 Å². The molecular formula is C36H53N5O5. The number of piperidine rings is 1. The van der Waals surface area contributed by atoms with Gasteiger partial charge in [0.05, 0.1) is 0 Å². The predicted molar refractivity (Wildman–Crippen MR) is 179 cm³/mol. The van der Waals surface area contributed by atoms with Gasteiger partial charge in [0.2, 0.25) is 23.6 Å². The first kappa shape index (κ1) is 35.2. The molecule has 2 aliphatic heterocycles. The van der Waals surface area contributed by atoms with E-state index in [9.17, 15) is 24.0 Å². The summed E-state index contributed by atoms with van der Waals surface area (Å²) in [6, 6.07) is 4.72. The fourth-order valence-electron chi connectivity index (χ4n) is 6.76. The molecule has 5 atom stereocenters. The molecule has 2 aliphatic rings. The van der Waals surface area contributed by atoms with Crippen molar-refractivity contribution in [2.45, 2.75) is 135 Å². The Kier molecular flexibility index (Phi) is 12.8. The lowest BCUT2D eigenvalue weighted by Crippen LogP contribution is -2.64. The van der Waals surface area contributed by atoms with Crippen LogP contribution in [-0.2, 0) is 36.9 Å². The molecule has 3 heterocycles. The number of aromatic nitrogens is 1. The second kappa shape index (κ2) is 16.7. The van der Waals surface area contributed by atoms with Crippen molar-refractivity contribution in [3.63, 3.8) is 0 Å². The van der Waals surface area contributed by atoms with Crippen LogP contribution in [0.25, 0.3) is 10.9 Å². The first-order valence-corrected chi connectivity index (χ1v) is 17.5. The molecule has 46 heavy (non-hydrogen) atoms. The Balaban J connectivity index is 1.67. The third kappa shape index (κ3) is 8.56. The molecule has 0 radical (unpaired) electrons. The van der Waals surface area contributed by atoms with Crippen molar-refractivity contribution in [1.29, 1.82) is 0 Å². The Morgan fingerprint density at radius 1 is 0.913 bits per heavy atom. The number of para-hydroxylation sites is 1. The number of nitrogens with zero attached hydrogens (tertiary/aromatic N) is 2. The summed E-state index contributed by atoms with van der Waals surface area (Å²) < 4.78 is 2.17. The Morgan fingerprint density at radius 2 is 1.65 bits per heavy atom. The molecule has 0 aliphatic carbocycles. The van der Waals surface area contributed by atoms with Gasteiger partial charge in [-0.15, -0.1) is 0 Å². The number of carbonyl (C=O) groups is 5. The molecule has 3 N–H and O–H groups in total. The number of ketones is 1. The molecule has 0 bridgehead atoms. The number of rotatable bonds is 13. The minimum absolute atomic E-state index is 0.166. The van der Waals surface area contributed by atoms with E-state index in [2.05, 4.69) is 39.7 Å². The summed E-state index contributed by atoms with van der Waals surface area (Å²) in [7, 11) is 0. The van der Waals surface area contributed by atoms with Crippen molar-refractivity contribution in [3.8, 4) is 0 Å². The van der Waals surface area contributed by atoms with Gasteiger partial charge in [-0.3, -0.25) is 24.0 Å². The van der Waals surface area contributed by atoms with E-state index >= 15 is 0 Å². The van der Waals surface area contributed by atoms with E-state index in [1.54, 1.807) is 4.90 Å². The van der Waals surface area contributed by atoms with Crippen molar-refractivity contribution in [1.82, 2.24) is 25.4 Å². The van der Waals surface area contributed by atoms with Crippen molar-refractivity contribution < 1.29 is 24.0 Å². The number of hydrogen-bond acceptors (Lipinski definition) is 5. The normalized spacial score (nSPS) is 23.5. The van der Waals surface area contributed by atoms with Crippen LogP contribution >= 0.6 is 0 Å². The summed E-state index contributed by atoms with van der Waals surface area (Å²) in [6.45, 7) is 9.14. The van der Waals surface area contributed by atoms with Crippen LogP contribution in [0.5, 0.6) is 0 Å². The summed E-state index contributed by atoms with van der Waals surface area (Å²) in [6.07, 6.45) is 9.49. The van der Waals surface area contributed by atoms with Crippen LogP contribution in [0.15, 0.2) is 30.5 Å². The van der Waals surface area contributed by atoms with E-state index in [4.69, 9.17) is 0 Å². The molecule has 2 aromatic rings. The Labute approximate surface area is 273 Å². The molecule has 1 aromatic heterocycles. The monoisotopic (exact) mass is 635 g/mol. The highest BCUT2D eigenvalue weighted by Gasteiger charge is 2.40. The van der Waals surface area contributed by atoms with Crippen LogP contribution in [-0.4, -0.2) is 69.6 Å². The van der Waals surface area contributed by atoms with Crippen molar-refractivity contribution in [2.24, 2.45) is 5.92 Å². The first-order chi connectivity index (χ1) is 22.2. The van der Waals surface area contributed by atoms with Gasteiger partial charge < -0.3 is 25.4 Å². The minimum Gasteiger partial charge on any atom is -0.347 e. The van der Waals surface area contributed by atoms with Crippen LogP contribution in [0.3, 0.4) is 0 Å². The Hall–Kier alpha value is -3.69. The second-order valence-electron chi connectivity index (χ2n) is 13.1. The van der Waals surface area contributed by atoms with E-state index in [0.717, 1.165) is 55.1 Å². The van der Waals surface area contributed by atoms with Crippen molar-refractivity contribution in [3.05, 3.63) is 36.0 Å². The summed E-state index contributed by atoms with van der Waals surface area (Å²) in [5, 5.41) is 10.0. The minimum atomic E-state index is -0.953. The van der Waals surface area contributed by atoms with Gasteiger partial charge >= 0.3 is 0 Å². The van der Waals surface area contributed by atoms with E-state index in [0.29, 0.717) is 45.1 Å². The molecule has 252 valence electrons. The largest absolute Gasteiger partial charge is 0.347 e. The summed E-state index contributed by atoms with van der Waals surface area (Å²) in [5.74, 6) is -1.35. The fraction of sp³-hybridized carbons (Fsp3) is 0.639. The summed E-state index contributed by atoms with van der Waals surface area (Å²) in [5.41, 5.74) is 2.00. The number of carbonyl (C=O) groups excluding carboxylic acids is 5. The van der Waals surface area contributed by atoms with Crippen LogP contribution in [0.2, 0.25) is 0 Å². The molecular weight excluding hydrogens is 582 g/mol. The number of unbranched alkanes of at least 4 members (excludes halogenated alkanes) is 2. The molecule has 2 fully saturated rings. The highest BCUT2D eigenvalue weighted by Crippen LogP contribution is 2.25. The van der Waals surface area contributed by atoms with Gasteiger partial charge in [0, 0.05) is 49.5 Å². The Bertz CT molecular complexity index is 1390. The number of hydrogen-bond donors (Lipinski definition) is 3. The van der Waals surface area contributed by atoms with Gasteiger partial charge in [-0.25, -0.2) is 0 Å². The molecule has 0 spiro atoms. The molecule has 4 rings (SSSR count). The van der Waals surface area contributed by atoms with E-state index < -0.39 is 36.0 Å². The topological polar surface area (TPSA) is 130 Å². The average molecular weight is 636 g/mol. The smallest absolute Gasteiger partial charge is 0.246 e. The SMILES string of the molecule is CCCn1cc(C[C@H]2NC(=O)[C@H](CCCCCC(=O)CC)NC(=O)[C@H]3CCCCN3C(=O)[C@H](C(C)CC)NC2=O)c2ccccc21. The van der Waals surface area contributed by atoms with Gasteiger partial charge in [-0.1, -0.05) is 65.2 Å². The highest BCUT2D eigenvalue weighted by molar-refractivity contribution is 5.98. The third-order valence-corrected chi connectivity index (χ3v) is 9.73. The van der Waals surface area contributed by atoms with E-state index in [-0.39, 0.29) is 29.9 Å². The zero-order valence-electron chi connectivity index (χ0n) is 28.1. The molecule has 10 heteroatoms. The van der Waals surface area contributed by atoms with Crippen molar-refractivity contribution >= 4 is 40.3 Å². The number of nitrogens with one attached hydrogen (secondary N) is 3. The lowest BCUT2D eigenvalue weighted by atomic mass is 9.93. The zero-order chi connectivity index (χ0) is 33.2. The van der Waals surface area contributed by atoms with Gasteiger partial charge in [-0.2, -0.15) is 0 Å². The third-order valence-electron chi connectivity index (χ3n) is 9.73. The maximum atomic E-state index is 14.1. The molecule has 4 amide bonds. The maximum Gasteiger partial charge on any atom is 0.246 e. The predicted octanol–water partition coefficient (Wildman–Crippen LogP) is 4.42. The number of benzene rings is 1. The number of amides is 4. The molecule has 2 saturated heterocycles.